The lowest BCUT2D eigenvalue weighted by atomic mass is 10.1. The van der Waals surface area contributed by atoms with E-state index in [1.54, 1.807) is 24.3 Å². The van der Waals surface area contributed by atoms with Gasteiger partial charge in [-0.15, -0.1) is 0 Å². The third kappa shape index (κ3) is 2.49. The lowest BCUT2D eigenvalue weighted by molar-refractivity contribution is 0.0957. The second-order valence-corrected chi connectivity index (χ2v) is 5.76. The first-order valence-electron chi connectivity index (χ1n) is 4.70. The van der Waals surface area contributed by atoms with E-state index in [1.165, 1.54) is 0 Å². The zero-order valence-electron chi connectivity index (χ0n) is 8.45. The smallest absolute Gasteiger partial charge is 0.253 e. The molecule has 1 atom stereocenters. The highest BCUT2D eigenvalue weighted by atomic mass is 35.6. The molecule has 1 heterocycles. The second-order valence-electron chi connectivity index (χ2n) is 3.48. The number of amides is 1. The molecule has 1 amide bonds. The van der Waals surface area contributed by atoms with Crippen molar-refractivity contribution in [2.45, 2.75) is 9.96 Å². The van der Waals surface area contributed by atoms with E-state index < -0.39 is 9.96 Å². The number of hydrogen-bond donors (Lipinski definition) is 2. The summed E-state index contributed by atoms with van der Waals surface area (Å²) < 4.78 is -1.78. The molecule has 0 saturated carbocycles. The van der Waals surface area contributed by atoms with Gasteiger partial charge in [-0.2, -0.15) is 0 Å². The Hall–Kier alpha value is -0.970. The van der Waals surface area contributed by atoms with Crippen LogP contribution in [0.4, 0.5) is 0 Å². The molecule has 0 spiro atoms. The fraction of sp³-hybridized carbons (Fsp3) is 0.200. The van der Waals surface area contributed by atoms with Gasteiger partial charge in [0.25, 0.3) is 5.91 Å². The first kappa shape index (κ1) is 12.5. The highest BCUT2D eigenvalue weighted by Crippen LogP contribution is 2.30. The minimum atomic E-state index is -1.78. The molecule has 7 heteroatoms. The molecule has 17 heavy (non-hydrogen) atoms. The molecule has 1 unspecified atom stereocenters. The van der Waals surface area contributed by atoms with Gasteiger partial charge >= 0.3 is 0 Å². The second kappa shape index (κ2) is 4.37. The predicted molar refractivity (Wildman–Crippen MR) is 68.6 cm³/mol. The van der Waals surface area contributed by atoms with Crippen LogP contribution in [0.5, 0.6) is 0 Å². The summed E-state index contributed by atoms with van der Waals surface area (Å²) in [5.74, 6) is -0.379. The van der Waals surface area contributed by atoms with E-state index in [1.807, 2.05) is 0 Å². The SMILES string of the molecule is NC(=NC1NC(=O)c2ccccc21)C(Cl)(Cl)Cl. The van der Waals surface area contributed by atoms with Crippen molar-refractivity contribution in [2.75, 3.05) is 0 Å². The molecule has 1 aliphatic rings. The van der Waals surface area contributed by atoms with Crippen LogP contribution in [0.2, 0.25) is 0 Å². The van der Waals surface area contributed by atoms with E-state index in [0.29, 0.717) is 5.56 Å². The van der Waals surface area contributed by atoms with Gasteiger partial charge in [0, 0.05) is 11.1 Å². The maximum atomic E-state index is 11.6. The summed E-state index contributed by atoms with van der Waals surface area (Å²) in [6, 6.07) is 7.04. The van der Waals surface area contributed by atoms with Crippen LogP contribution in [0.3, 0.4) is 0 Å². The number of benzene rings is 1. The van der Waals surface area contributed by atoms with Crippen molar-refractivity contribution >= 4 is 46.5 Å². The Kier molecular flexibility index (Phi) is 3.21. The summed E-state index contributed by atoms with van der Waals surface area (Å²) in [4.78, 5) is 15.6. The molecule has 1 aliphatic heterocycles. The highest BCUT2D eigenvalue weighted by molar-refractivity contribution is 6.76. The summed E-state index contributed by atoms with van der Waals surface area (Å²) in [6.07, 6.45) is -0.602. The highest BCUT2D eigenvalue weighted by Gasteiger charge is 2.31. The topological polar surface area (TPSA) is 67.5 Å². The number of hydrogen-bond acceptors (Lipinski definition) is 2. The van der Waals surface area contributed by atoms with E-state index in [4.69, 9.17) is 40.5 Å². The van der Waals surface area contributed by atoms with Crippen LogP contribution >= 0.6 is 34.8 Å². The van der Waals surface area contributed by atoms with Crippen LogP contribution in [0, 0.1) is 0 Å². The Bertz CT molecular complexity index is 496. The van der Waals surface area contributed by atoms with Crippen molar-refractivity contribution in [3.63, 3.8) is 0 Å². The van der Waals surface area contributed by atoms with Gasteiger partial charge in [0.05, 0.1) is 0 Å². The summed E-state index contributed by atoms with van der Waals surface area (Å²) in [5, 5.41) is 2.64. The number of halogens is 3. The first-order valence-corrected chi connectivity index (χ1v) is 5.83. The summed E-state index contributed by atoms with van der Waals surface area (Å²) in [5.41, 5.74) is 6.81. The summed E-state index contributed by atoms with van der Waals surface area (Å²) >= 11 is 16.8. The largest absolute Gasteiger partial charge is 0.384 e. The number of alkyl halides is 3. The molecule has 0 saturated heterocycles. The van der Waals surface area contributed by atoms with E-state index >= 15 is 0 Å². The van der Waals surface area contributed by atoms with Crippen LogP contribution in [0.25, 0.3) is 0 Å². The fourth-order valence-electron chi connectivity index (χ4n) is 1.54. The molecule has 4 nitrogen and oxygen atoms in total. The van der Waals surface area contributed by atoms with Gasteiger partial charge in [-0.05, 0) is 6.07 Å². The number of rotatable bonds is 1. The maximum absolute atomic E-state index is 11.6. The van der Waals surface area contributed by atoms with Gasteiger partial charge in [-0.1, -0.05) is 53.0 Å². The fourth-order valence-corrected chi connectivity index (χ4v) is 1.68. The molecule has 0 bridgehead atoms. The summed E-state index contributed by atoms with van der Waals surface area (Å²) in [6.45, 7) is 0. The monoisotopic (exact) mass is 291 g/mol. The zero-order chi connectivity index (χ0) is 12.6. The Morgan fingerprint density at radius 3 is 2.65 bits per heavy atom. The van der Waals surface area contributed by atoms with Crippen LogP contribution in [0.15, 0.2) is 29.3 Å². The quantitative estimate of drug-likeness (QED) is 0.473. The Labute approximate surface area is 113 Å². The minimum Gasteiger partial charge on any atom is -0.384 e. The zero-order valence-corrected chi connectivity index (χ0v) is 10.7. The lowest BCUT2D eigenvalue weighted by Crippen LogP contribution is -2.30. The molecule has 0 aromatic heterocycles. The van der Waals surface area contributed by atoms with E-state index in [-0.39, 0.29) is 11.7 Å². The number of nitrogens with one attached hydrogen (secondary N) is 1. The maximum Gasteiger partial charge on any atom is 0.253 e. The Morgan fingerprint density at radius 2 is 2.00 bits per heavy atom. The third-order valence-corrected chi connectivity index (χ3v) is 2.91. The molecule has 0 radical (unpaired) electrons. The number of fused-ring (bicyclic) bond motifs is 1. The van der Waals surface area contributed by atoms with Crippen LogP contribution in [-0.4, -0.2) is 15.5 Å². The molecule has 0 fully saturated rings. The molecule has 1 aromatic rings. The molecule has 90 valence electrons. The predicted octanol–water partition coefficient (Wildman–Crippen LogP) is 2.16. The van der Waals surface area contributed by atoms with Crippen LogP contribution in [0.1, 0.15) is 22.1 Å². The molecule has 0 aliphatic carbocycles. The van der Waals surface area contributed by atoms with Gasteiger partial charge in [0.2, 0.25) is 3.79 Å². The average Bonchev–Trinajstić information content (AvgIpc) is 2.56. The van der Waals surface area contributed by atoms with Crippen LogP contribution < -0.4 is 11.1 Å². The number of nitrogens with two attached hydrogens (primary N) is 1. The minimum absolute atomic E-state index is 0.162. The van der Waals surface area contributed by atoms with Crippen molar-refractivity contribution in [2.24, 2.45) is 10.7 Å². The number of amidine groups is 1. The van der Waals surface area contributed by atoms with Crippen molar-refractivity contribution in [3.8, 4) is 0 Å². The molecule has 1 aromatic carbocycles. The molecule has 2 rings (SSSR count). The van der Waals surface area contributed by atoms with Crippen molar-refractivity contribution in [1.29, 1.82) is 0 Å². The first-order chi connectivity index (χ1) is 7.89. The molecule has 3 N–H and O–H groups in total. The number of aliphatic imine (C=N–C) groups is 1. The van der Waals surface area contributed by atoms with Crippen LogP contribution in [-0.2, 0) is 0 Å². The van der Waals surface area contributed by atoms with Gasteiger partial charge in [-0.25, -0.2) is 4.99 Å². The molecular weight excluding hydrogens is 284 g/mol. The number of carbonyl (C=O) groups excluding carboxylic acids is 1. The Morgan fingerprint density at radius 1 is 1.35 bits per heavy atom. The summed E-state index contributed by atoms with van der Waals surface area (Å²) in [7, 11) is 0. The normalized spacial score (nSPS) is 20.1. The van der Waals surface area contributed by atoms with Crippen molar-refractivity contribution < 1.29 is 4.79 Å². The Balaban J connectivity index is 2.36. The molecular formula is C10H8Cl3N3O. The lowest BCUT2D eigenvalue weighted by Gasteiger charge is -2.13. The van der Waals surface area contributed by atoms with Gasteiger partial charge in [-0.3, -0.25) is 4.79 Å². The third-order valence-electron chi connectivity index (χ3n) is 2.33. The number of carbonyl (C=O) groups is 1. The van der Waals surface area contributed by atoms with Crippen molar-refractivity contribution in [1.82, 2.24) is 5.32 Å². The van der Waals surface area contributed by atoms with E-state index in [9.17, 15) is 4.79 Å². The number of nitrogens with zero attached hydrogens (tertiary/aromatic N) is 1. The average molecular weight is 293 g/mol. The van der Waals surface area contributed by atoms with E-state index in [0.717, 1.165) is 5.56 Å². The van der Waals surface area contributed by atoms with Crippen molar-refractivity contribution in [3.05, 3.63) is 35.4 Å². The van der Waals surface area contributed by atoms with Gasteiger partial charge in [0.1, 0.15) is 12.0 Å². The van der Waals surface area contributed by atoms with E-state index in [2.05, 4.69) is 10.3 Å². The standard InChI is InChI=1S/C10H8Cl3N3O/c11-10(12,13)9(14)16-7-5-3-1-2-4-6(5)8(17)15-7/h1-4,7H,(H2,14,16)(H,15,17). The van der Waals surface area contributed by atoms with Gasteiger partial charge in [0.15, 0.2) is 0 Å². The van der Waals surface area contributed by atoms with Gasteiger partial charge < -0.3 is 11.1 Å².